The molecule has 29 heavy (non-hydrogen) atoms. The van der Waals surface area contributed by atoms with Crippen molar-refractivity contribution in [2.75, 3.05) is 5.32 Å². The summed E-state index contributed by atoms with van der Waals surface area (Å²) in [7, 11) is 0. The number of rotatable bonds is 4. The van der Waals surface area contributed by atoms with E-state index in [0.717, 1.165) is 21.7 Å². The largest absolute Gasteiger partial charge is 0.423 e. The fourth-order valence-electron chi connectivity index (χ4n) is 3.07. The molecule has 0 aliphatic heterocycles. The maximum Gasteiger partial charge on any atom is 0.302 e. The van der Waals surface area contributed by atoms with Crippen LogP contribution in [0.3, 0.4) is 0 Å². The lowest BCUT2D eigenvalue weighted by molar-refractivity contribution is 0.621. The van der Waals surface area contributed by atoms with Gasteiger partial charge in [-0.3, -0.25) is 5.32 Å². The van der Waals surface area contributed by atoms with Gasteiger partial charge < -0.3 is 4.42 Å². The molecule has 9 heteroatoms. The summed E-state index contributed by atoms with van der Waals surface area (Å²) in [6.45, 7) is 4.29. The minimum atomic E-state index is 0.352. The minimum Gasteiger partial charge on any atom is -0.423 e. The number of benzene rings is 2. The first-order valence-corrected chi connectivity index (χ1v) is 10.6. The van der Waals surface area contributed by atoms with Gasteiger partial charge in [0.2, 0.25) is 4.96 Å². The first kappa shape index (κ1) is 18.4. The highest BCUT2D eigenvalue weighted by Crippen LogP contribution is 2.33. The Bertz CT molecular complexity index is 1350. The lowest BCUT2D eigenvalue weighted by atomic mass is 10.0. The maximum absolute atomic E-state index is 6.36. The number of oxazole rings is 1. The van der Waals surface area contributed by atoms with E-state index in [1.54, 1.807) is 16.6 Å². The molecular formula is C20H15Cl2N5OS. The van der Waals surface area contributed by atoms with Gasteiger partial charge in [-0.05, 0) is 41.8 Å². The van der Waals surface area contributed by atoms with Crippen LogP contribution in [0.4, 0.5) is 12.0 Å². The average Bonchev–Trinajstić information content (AvgIpc) is 3.35. The second kappa shape index (κ2) is 7.02. The molecular weight excluding hydrogens is 429 g/mol. The number of anilines is 2. The van der Waals surface area contributed by atoms with Crippen LogP contribution in [0.1, 0.15) is 25.3 Å². The summed E-state index contributed by atoms with van der Waals surface area (Å²) in [6, 6.07) is 11.7. The lowest BCUT2D eigenvalue weighted by Gasteiger charge is -2.02. The molecule has 0 aliphatic carbocycles. The molecule has 3 heterocycles. The van der Waals surface area contributed by atoms with Crippen molar-refractivity contribution < 1.29 is 4.42 Å². The molecule has 5 aromatic rings. The molecule has 0 radical (unpaired) electrons. The summed E-state index contributed by atoms with van der Waals surface area (Å²) < 4.78 is 7.52. The van der Waals surface area contributed by atoms with E-state index in [4.69, 9.17) is 27.6 Å². The van der Waals surface area contributed by atoms with Gasteiger partial charge in [0.25, 0.3) is 5.95 Å². The molecule has 0 spiro atoms. The highest BCUT2D eigenvalue weighted by molar-refractivity contribution is 7.15. The van der Waals surface area contributed by atoms with Crippen LogP contribution in [0.25, 0.3) is 27.3 Å². The van der Waals surface area contributed by atoms with Gasteiger partial charge in [-0.15, -0.1) is 16.4 Å². The maximum atomic E-state index is 6.36. The quantitative estimate of drug-likeness (QED) is 0.331. The third-order valence-electron chi connectivity index (χ3n) is 4.59. The molecule has 0 fully saturated rings. The predicted octanol–water partition coefficient (Wildman–Crippen LogP) is 6.77. The normalized spacial score (nSPS) is 11.8. The number of thiazole rings is 1. The molecule has 6 nitrogen and oxygen atoms in total. The number of fused-ring (bicyclic) bond motifs is 2. The summed E-state index contributed by atoms with van der Waals surface area (Å²) in [4.78, 5) is 9.75. The fraction of sp³-hybridized carbons (Fsp3) is 0.150. The zero-order valence-corrected chi connectivity index (χ0v) is 17.8. The third kappa shape index (κ3) is 3.35. The molecule has 2 aromatic carbocycles. The van der Waals surface area contributed by atoms with Crippen LogP contribution in [0.2, 0.25) is 10.0 Å². The highest BCUT2D eigenvalue weighted by Gasteiger charge is 2.16. The molecule has 146 valence electrons. The van der Waals surface area contributed by atoms with E-state index in [1.165, 1.54) is 16.9 Å². The van der Waals surface area contributed by atoms with E-state index in [-0.39, 0.29) is 0 Å². The number of hydrogen-bond acceptors (Lipinski definition) is 6. The van der Waals surface area contributed by atoms with Gasteiger partial charge in [-0.1, -0.05) is 43.1 Å². The van der Waals surface area contributed by atoms with Crippen molar-refractivity contribution in [1.29, 1.82) is 0 Å². The van der Waals surface area contributed by atoms with Gasteiger partial charge in [-0.25, -0.2) is 4.52 Å². The van der Waals surface area contributed by atoms with Crippen LogP contribution in [0.5, 0.6) is 0 Å². The lowest BCUT2D eigenvalue weighted by Crippen LogP contribution is -1.94. The molecule has 0 amide bonds. The molecule has 5 rings (SSSR count). The van der Waals surface area contributed by atoms with E-state index < -0.39 is 0 Å². The van der Waals surface area contributed by atoms with Gasteiger partial charge in [-0.2, -0.15) is 9.97 Å². The monoisotopic (exact) mass is 443 g/mol. The molecule has 0 saturated carbocycles. The predicted molar refractivity (Wildman–Crippen MR) is 118 cm³/mol. The van der Waals surface area contributed by atoms with Crippen molar-refractivity contribution in [3.05, 3.63) is 57.4 Å². The van der Waals surface area contributed by atoms with Gasteiger partial charge >= 0.3 is 6.01 Å². The zero-order chi connectivity index (χ0) is 20.1. The Kier molecular flexibility index (Phi) is 4.46. The second-order valence-corrected chi connectivity index (χ2v) is 8.58. The van der Waals surface area contributed by atoms with Crippen LogP contribution in [-0.4, -0.2) is 19.6 Å². The van der Waals surface area contributed by atoms with E-state index in [1.807, 2.05) is 23.6 Å². The van der Waals surface area contributed by atoms with Crippen molar-refractivity contribution >= 4 is 62.6 Å². The van der Waals surface area contributed by atoms with Crippen molar-refractivity contribution in [3.63, 3.8) is 0 Å². The summed E-state index contributed by atoms with van der Waals surface area (Å²) in [5.74, 6) is 0.825. The van der Waals surface area contributed by atoms with Crippen LogP contribution in [0.15, 0.2) is 46.2 Å². The van der Waals surface area contributed by atoms with Gasteiger partial charge in [0.15, 0.2) is 5.58 Å². The van der Waals surface area contributed by atoms with E-state index in [9.17, 15) is 0 Å². The number of hydrogen-bond donors (Lipinski definition) is 1. The molecule has 0 aliphatic rings. The number of nitrogens with zero attached hydrogens (tertiary/aromatic N) is 4. The number of halogens is 2. The average molecular weight is 444 g/mol. The Balaban J connectivity index is 1.48. The Morgan fingerprint density at radius 1 is 1.10 bits per heavy atom. The van der Waals surface area contributed by atoms with Crippen molar-refractivity contribution in [2.45, 2.75) is 19.8 Å². The Hall–Kier alpha value is -2.61. The van der Waals surface area contributed by atoms with E-state index in [2.05, 4.69) is 40.3 Å². The number of nitrogens with one attached hydrogen (secondary N) is 1. The summed E-state index contributed by atoms with van der Waals surface area (Å²) in [6.07, 6.45) is 0. The van der Waals surface area contributed by atoms with Crippen LogP contribution in [-0.2, 0) is 0 Å². The summed E-state index contributed by atoms with van der Waals surface area (Å²) >= 11 is 13.8. The molecule has 0 saturated heterocycles. The molecule has 1 N–H and O–H groups in total. The van der Waals surface area contributed by atoms with Crippen molar-refractivity contribution in [1.82, 2.24) is 19.6 Å². The Morgan fingerprint density at radius 2 is 1.97 bits per heavy atom. The van der Waals surface area contributed by atoms with Crippen molar-refractivity contribution in [2.24, 2.45) is 0 Å². The number of aromatic nitrogens is 4. The topological polar surface area (TPSA) is 68.2 Å². The third-order valence-corrected chi connectivity index (χ3v) is 5.95. The zero-order valence-electron chi connectivity index (χ0n) is 15.5. The first-order valence-electron chi connectivity index (χ1n) is 8.95. The second-order valence-electron chi connectivity index (χ2n) is 6.90. The minimum absolute atomic E-state index is 0.352. The fourth-order valence-corrected chi connectivity index (χ4v) is 4.40. The molecule has 0 bridgehead atoms. The molecule has 3 aromatic heterocycles. The summed E-state index contributed by atoms with van der Waals surface area (Å²) in [5.41, 5.74) is 4.40. The van der Waals surface area contributed by atoms with Crippen LogP contribution in [0, 0.1) is 0 Å². The Labute approximate surface area is 180 Å². The Morgan fingerprint density at radius 3 is 2.76 bits per heavy atom. The SMILES string of the molecule is CC(C)c1ccc2oc(Nc3nc4scc(-c5ccc(Cl)cc5Cl)n4n3)nc2c1. The molecule has 0 unspecified atom stereocenters. The van der Waals surface area contributed by atoms with E-state index in [0.29, 0.717) is 33.5 Å². The van der Waals surface area contributed by atoms with Gasteiger partial charge in [0.1, 0.15) is 5.52 Å². The summed E-state index contributed by atoms with van der Waals surface area (Å²) in [5, 5.41) is 10.7. The van der Waals surface area contributed by atoms with E-state index >= 15 is 0 Å². The standard InChI is InChI=1S/C20H15Cl2N5OS/c1-10(2)11-3-6-17-15(7-11)23-19(28-17)24-18-25-20-27(26-18)16(9-29-20)13-5-4-12(21)8-14(13)22/h3-10H,1-2H3,(H,23,24,26). The van der Waals surface area contributed by atoms with Gasteiger partial charge in [0, 0.05) is 16.0 Å². The molecule has 0 atom stereocenters. The highest BCUT2D eigenvalue weighted by atomic mass is 35.5. The van der Waals surface area contributed by atoms with Crippen LogP contribution >= 0.6 is 34.5 Å². The van der Waals surface area contributed by atoms with Crippen molar-refractivity contribution in [3.8, 4) is 11.3 Å². The van der Waals surface area contributed by atoms with Crippen LogP contribution < -0.4 is 5.32 Å². The van der Waals surface area contributed by atoms with Gasteiger partial charge in [0.05, 0.1) is 10.7 Å². The smallest absolute Gasteiger partial charge is 0.302 e. The first-order chi connectivity index (χ1) is 14.0.